The lowest BCUT2D eigenvalue weighted by Crippen LogP contribution is -2.34. The van der Waals surface area contributed by atoms with Gasteiger partial charge in [-0.05, 0) is 88.4 Å². The average Bonchev–Trinajstić information content (AvgIpc) is 2.88. The number of benzene rings is 3. The molecule has 3 aromatic rings. The van der Waals surface area contributed by atoms with Gasteiger partial charge in [-0.15, -0.1) is 11.8 Å². The number of ketones is 1. The molecule has 0 unspecified atom stereocenters. The number of carbonyl (C=O) groups excluding carboxylic acids is 1. The van der Waals surface area contributed by atoms with Crippen LogP contribution in [0.25, 0.3) is 6.08 Å². The van der Waals surface area contributed by atoms with Gasteiger partial charge < -0.3 is 10.0 Å². The van der Waals surface area contributed by atoms with E-state index < -0.39 is 5.97 Å². The van der Waals surface area contributed by atoms with Crippen LogP contribution in [-0.2, 0) is 16.6 Å². The third-order valence-corrected chi connectivity index (χ3v) is 8.71. The number of carbonyl (C=O) groups is 2. The molecule has 0 spiro atoms. The second kappa shape index (κ2) is 10.8. The summed E-state index contributed by atoms with van der Waals surface area (Å²) in [7, 11) is 4.09. The quantitative estimate of drug-likeness (QED) is 0.183. The fourth-order valence-electron chi connectivity index (χ4n) is 5.04. The summed E-state index contributed by atoms with van der Waals surface area (Å²) in [5.74, 6) is -0.179. The minimum atomic E-state index is -0.963. The van der Waals surface area contributed by atoms with Crippen molar-refractivity contribution < 1.29 is 14.7 Å². The van der Waals surface area contributed by atoms with E-state index in [0.717, 1.165) is 24.2 Å². The molecule has 0 amide bonds. The molecule has 0 aliphatic heterocycles. The van der Waals surface area contributed by atoms with Crippen LogP contribution in [0, 0.1) is 0 Å². The molecule has 0 radical (unpaired) electrons. The Morgan fingerprint density at radius 1 is 0.895 bits per heavy atom. The van der Waals surface area contributed by atoms with Gasteiger partial charge >= 0.3 is 5.97 Å². The van der Waals surface area contributed by atoms with Crippen LogP contribution in [0.4, 0.5) is 5.69 Å². The number of carboxylic acids is 1. The fourth-order valence-corrected chi connectivity index (χ4v) is 6.30. The van der Waals surface area contributed by atoms with Gasteiger partial charge in [0.05, 0.1) is 5.56 Å². The molecular formula is C33H37NO3S. The monoisotopic (exact) mass is 527 g/mol. The zero-order valence-corrected chi connectivity index (χ0v) is 24.0. The highest BCUT2D eigenvalue weighted by atomic mass is 32.2. The number of nitrogens with zero attached hydrogens (tertiary/aromatic N) is 1. The van der Waals surface area contributed by atoms with Gasteiger partial charge in [-0.25, -0.2) is 4.79 Å². The molecule has 4 nitrogen and oxygen atoms in total. The summed E-state index contributed by atoms with van der Waals surface area (Å²) in [4.78, 5) is 27.8. The number of thioether (sulfide) groups is 1. The van der Waals surface area contributed by atoms with E-state index in [1.54, 1.807) is 36.4 Å². The summed E-state index contributed by atoms with van der Waals surface area (Å²) in [5.41, 5.74) is 6.80. The zero-order chi connectivity index (χ0) is 27.7. The lowest BCUT2D eigenvalue weighted by atomic mass is 9.63. The van der Waals surface area contributed by atoms with Crippen molar-refractivity contribution >= 4 is 35.3 Å². The van der Waals surface area contributed by atoms with E-state index in [2.05, 4.69) is 69.0 Å². The van der Waals surface area contributed by atoms with E-state index >= 15 is 0 Å². The van der Waals surface area contributed by atoms with Crippen molar-refractivity contribution in [2.45, 2.75) is 62.0 Å². The predicted octanol–water partition coefficient (Wildman–Crippen LogP) is 7.99. The molecule has 38 heavy (non-hydrogen) atoms. The summed E-state index contributed by atoms with van der Waals surface area (Å²) in [6.45, 7) is 9.20. The SMILES string of the molecule is CN(C)c1ccc(CSc2cc(C(=O)C=Cc3ccc(C(=O)O)cc3)cc3c2C(C)(C)CCC3(C)C)cc1. The third-order valence-electron chi connectivity index (χ3n) is 7.60. The molecule has 1 aliphatic rings. The number of allylic oxidation sites excluding steroid dienone is 1. The lowest BCUT2D eigenvalue weighted by molar-refractivity contribution is 0.0696. The first-order valence-electron chi connectivity index (χ1n) is 13.0. The van der Waals surface area contributed by atoms with Crippen molar-refractivity contribution in [3.8, 4) is 0 Å². The molecule has 1 aliphatic carbocycles. The van der Waals surface area contributed by atoms with Crippen molar-refractivity contribution in [2.75, 3.05) is 19.0 Å². The second-order valence-corrected chi connectivity index (χ2v) is 12.7. The molecule has 0 bridgehead atoms. The highest BCUT2D eigenvalue weighted by Crippen LogP contribution is 2.50. The highest BCUT2D eigenvalue weighted by Gasteiger charge is 2.39. The molecular weight excluding hydrogens is 490 g/mol. The Kier molecular flexibility index (Phi) is 7.89. The van der Waals surface area contributed by atoms with Crippen molar-refractivity contribution in [1.29, 1.82) is 0 Å². The van der Waals surface area contributed by atoms with Crippen LogP contribution in [0.3, 0.4) is 0 Å². The Hall–Kier alpha value is -3.31. The van der Waals surface area contributed by atoms with Crippen LogP contribution in [0.15, 0.2) is 71.6 Å². The van der Waals surface area contributed by atoms with Crippen molar-refractivity contribution in [1.82, 2.24) is 0 Å². The number of fused-ring (bicyclic) bond motifs is 1. The predicted molar refractivity (Wildman–Crippen MR) is 159 cm³/mol. The van der Waals surface area contributed by atoms with Gasteiger partial charge in [0, 0.05) is 36.0 Å². The topological polar surface area (TPSA) is 57.6 Å². The van der Waals surface area contributed by atoms with Crippen molar-refractivity contribution in [2.24, 2.45) is 0 Å². The fraction of sp³-hybridized carbons (Fsp3) is 0.333. The first-order chi connectivity index (χ1) is 17.9. The maximum atomic E-state index is 13.4. The summed E-state index contributed by atoms with van der Waals surface area (Å²) in [6, 6.07) is 19.4. The van der Waals surface area contributed by atoms with Crippen molar-refractivity contribution in [3.05, 3.63) is 100 Å². The minimum absolute atomic E-state index is 0.0137. The van der Waals surface area contributed by atoms with Crippen LogP contribution in [0.1, 0.15) is 83.5 Å². The summed E-state index contributed by atoms with van der Waals surface area (Å²) in [6.07, 6.45) is 5.53. The maximum absolute atomic E-state index is 13.4. The Balaban J connectivity index is 1.67. The Morgan fingerprint density at radius 3 is 2.13 bits per heavy atom. The molecule has 0 heterocycles. The zero-order valence-electron chi connectivity index (χ0n) is 23.2. The number of carboxylic acid groups (broad SMARTS) is 1. The first-order valence-corrected chi connectivity index (χ1v) is 14.0. The maximum Gasteiger partial charge on any atom is 0.335 e. The van der Waals surface area contributed by atoms with Crippen LogP contribution < -0.4 is 4.90 Å². The van der Waals surface area contributed by atoms with Gasteiger partial charge in [-0.3, -0.25) is 4.79 Å². The van der Waals surface area contributed by atoms with E-state index in [9.17, 15) is 9.59 Å². The van der Waals surface area contributed by atoms with E-state index in [1.807, 2.05) is 25.9 Å². The summed E-state index contributed by atoms with van der Waals surface area (Å²) < 4.78 is 0. The molecule has 198 valence electrons. The standard InChI is InChI=1S/C33H37NO3S/c1-32(2)17-18-33(3,4)30-27(32)19-25(28(35)16-11-22-7-12-24(13-8-22)31(36)37)20-29(30)38-21-23-9-14-26(15-10-23)34(5)6/h7-16,19-20H,17-18,21H2,1-6H3,(H,36,37). The van der Waals surface area contributed by atoms with E-state index in [-0.39, 0.29) is 22.2 Å². The number of hydrogen-bond donors (Lipinski definition) is 1. The number of hydrogen-bond acceptors (Lipinski definition) is 4. The van der Waals surface area contributed by atoms with Crippen molar-refractivity contribution in [3.63, 3.8) is 0 Å². The minimum Gasteiger partial charge on any atom is -0.478 e. The van der Waals surface area contributed by atoms with Crippen LogP contribution in [0.2, 0.25) is 0 Å². The normalized spacial score (nSPS) is 15.7. The molecule has 0 saturated heterocycles. The van der Waals surface area contributed by atoms with Gasteiger partial charge in [0.2, 0.25) is 0 Å². The molecule has 3 aromatic carbocycles. The van der Waals surface area contributed by atoms with E-state index in [4.69, 9.17) is 5.11 Å². The molecule has 0 fully saturated rings. The van der Waals surface area contributed by atoms with E-state index in [0.29, 0.717) is 5.56 Å². The third kappa shape index (κ3) is 6.05. The lowest BCUT2D eigenvalue weighted by Gasteiger charge is -2.43. The average molecular weight is 528 g/mol. The van der Waals surface area contributed by atoms with E-state index in [1.165, 1.54) is 27.3 Å². The first kappa shape index (κ1) is 27.7. The number of aromatic carboxylic acids is 1. The number of rotatable bonds is 8. The molecule has 0 saturated carbocycles. The van der Waals surface area contributed by atoms with Gasteiger partial charge in [-0.1, -0.05) is 58.0 Å². The highest BCUT2D eigenvalue weighted by molar-refractivity contribution is 7.98. The van der Waals surface area contributed by atoms with Gasteiger partial charge in [0.25, 0.3) is 0 Å². The molecule has 0 atom stereocenters. The largest absolute Gasteiger partial charge is 0.478 e. The van der Waals surface area contributed by atoms with Crippen LogP contribution in [0.5, 0.6) is 0 Å². The Labute approximate surface area is 230 Å². The summed E-state index contributed by atoms with van der Waals surface area (Å²) >= 11 is 1.81. The molecule has 4 rings (SSSR count). The molecule has 1 N–H and O–H groups in total. The molecule has 0 aromatic heterocycles. The number of anilines is 1. The van der Waals surface area contributed by atoms with Crippen LogP contribution in [-0.4, -0.2) is 31.0 Å². The summed E-state index contributed by atoms with van der Waals surface area (Å²) in [5, 5.41) is 9.12. The Morgan fingerprint density at radius 2 is 1.53 bits per heavy atom. The van der Waals surface area contributed by atoms with Gasteiger partial charge in [0.15, 0.2) is 5.78 Å². The molecule has 5 heteroatoms. The Bertz CT molecular complexity index is 1370. The smallest absolute Gasteiger partial charge is 0.335 e. The van der Waals surface area contributed by atoms with Gasteiger partial charge in [0.1, 0.15) is 0 Å². The van der Waals surface area contributed by atoms with Crippen LogP contribution >= 0.6 is 11.8 Å². The second-order valence-electron chi connectivity index (χ2n) is 11.6. The van der Waals surface area contributed by atoms with Gasteiger partial charge in [-0.2, -0.15) is 0 Å².